The van der Waals surface area contributed by atoms with Crippen molar-refractivity contribution >= 4 is 35.0 Å². The largest absolute Gasteiger partial charge is 0.456 e. The van der Waals surface area contributed by atoms with Gasteiger partial charge in [0.2, 0.25) is 0 Å². The fraction of sp³-hybridized carbons (Fsp3) is 0.111. The fourth-order valence-corrected chi connectivity index (χ4v) is 3.71. The first-order valence-electron chi connectivity index (χ1n) is 10.7. The van der Waals surface area contributed by atoms with Crippen molar-refractivity contribution in [2.24, 2.45) is 0 Å². The summed E-state index contributed by atoms with van der Waals surface area (Å²) in [4.78, 5) is 51.3. The molecule has 0 unspecified atom stereocenters. The number of benzene rings is 3. The van der Waals surface area contributed by atoms with Gasteiger partial charge in [-0.15, -0.1) is 0 Å². The Kier molecular flexibility index (Phi) is 6.64. The average molecular weight is 454 g/mol. The van der Waals surface area contributed by atoms with Crippen LogP contribution in [0.4, 0.5) is 5.69 Å². The summed E-state index contributed by atoms with van der Waals surface area (Å²) in [6, 6.07) is 22.5. The number of anilines is 1. The molecule has 1 heterocycles. The molecule has 1 aliphatic heterocycles. The Morgan fingerprint density at radius 1 is 0.853 bits per heavy atom. The highest BCUT2D eigenvalue weighted by atomic mass is 16.5. The monoisotopic (exact) mass is 454 g/mol. The van der Waals surface area contributed by atoms with Gasteiger partial charge in [0.1, 0.15) is 0 Å². The minimum atomic E-state index is -0.625. The van der Waals surface area contributed by atoms with Gasteiger partial charge in [-0.05, 0) is 18.2 Å². The van der Waals surface area contributed by atoms with Crippen LogP contribution in [0.1, 0.15) is 38.3 Å². The van der Waals surface area contributed by atoms with Gasteiger partial charge >= 0.3 is 5.97 Å². The molecule has 170 valence electrons. The van der Waals surface area contributed by atoms with E-state index in [9.17, 15) is 19.2 Å². The molecule has 1 N–H and O–H groups in total. The number of hydrogen-bond acceptors (Lipinski definition) is 5. The van der Waals surface area contributed by atoms with Crippen LogP contribution >= 0.6 is 0 Å². The van der Waals surface area contributed by atoms with Gasteiger partial charge in [0, 0.05) is 34.5 Å². The van der Waals surface area contributed by atoms with E-state index < -0.39 is 18.5 Å². The van der Waals surface area contributed by atoms with Crippen LogP contribution in [0, 0.1) is 0 Å². The number of nitrogens with zero attached hydrogens (tertiary/aromatic N) is 1. The summed E-state index contributed by atoms with van der Waals surface area (Å²) in [6.07, 6.45) is -0.0882. The lowest BCUT2D eigenvalue weighted by atomic mass is 10.0. The Labute approximate surface area is 196 Å². The third-order valence-electron chi connectivity index (χ3n) is 5.42. The Morgan fingerprint density at radius 2 is 1.50 bits per heavy atom. The predicted octanol–water partition coefficient (Wildman–Crippen LogP) is 3.92. The molecule has 0 spiro atoms. The van der Waals surface area contributed by atoms with E-state index in [1.807, 2.05) is 12.1 Å². The molecule has 3 aromatic rings. The van der Waals surface area contributed by atoms with E-state index in [1.54, 1.807) is 66.7 Å². The summed E-state index contributed by atoms with van der Waals surface area (Å²) in [5.41, 5.74) is 2.97. The first kappa shape index (κ1) is 22.7. The molecule has 7 heteroatoms. The van der Waals surface area contributed by atoms with Crippen molar-refractivity contribution in [2.75, 3.05) is 18.5 Å². The number of nitrogens with one attached hydrogen (secondary N) is 1. The Morgan fingerprint density at radius 3 is 2.24 bits per heavy atom. The molecule has 34 heavy (non-hydrogen) atoms. The number of ether oxygens (including phenoxy) is 1. The van der Waals surface area contributed by atoms with E-state index in [1.165, 1.54) is 4.90 Å². The van der Waals surface area contributed by atoms with Crippen molar-refractivity contribution in [1.29, 1.82) is 0 Å². The number of amides is 2. The van der Waals surface area contributed by atoms with Gasteiger partial charge in [-0.2, -0.15) is 0 Å². The van der Waals surface area contributed by atoms with Gasteiger partial charge in [-0.1, -0.05) is 67.2 Å². The predicted molar refractivity (Wildman–Crippen MR) is 127 cm³/mol. The second kappa shape index (κ2) is 9.95. The van der Waals surface area contributed by atoms with Crippen LogP contribution < -0.4 is 5.32 Å². The van der Waals surface area contributed by atoms with E-state index in [4.69, 9.17) is 4.74 Å². The maximum atomic E-state index is 12.8. The lowest BCUT2D eigenvalue weighted by Gasteiger charge is -2.16. The average Bonchev–Trinajstić information content (AvgIpc) is 3.11. The van der Waals surface area contributed by atoms with Crippen LogP contribution in [0.2, 0.25) is 0 Å². The molecule has 1 aliphatic rings. The second-order valence-electron chi connectivity index (χ2n) is 7.65. The molecule has 0 saturated carbocycles. The summed E-state index contributed by atoms with van der Waals surface area (Å²) in [6.45, 7) is 3.52. The fourth-order valence-electron chi connectivity index (χ4n) is 3.71. The lowest BCUT2D eigenvalue weighted by Crippen LogP contribution is -2.27. The third-order valence-corrected chi connectivity index (χ3v) is 5.42. The molecule has 0 aliphatic carbocycles. The maximum absolute atomic E-state index is 12.8. The van der Waals surface area contributed by atoms with Gasteiger partial charge in [-0.25, -0.2) is 0 Å². The van der Waals surface area contributed by atoms with Crippen molar-refractivity contribution < 1.29 is 23.9 Å². The standard InChI is InChI=1S/C27H22N2O5/c1-18-20-11-5-6-12-21(20)27(33)29(18)16-15-25(31)34-17-24(30)28-23-14-8-7-13-22(23)26(32)19-9-3-2-4-10-19/h2-14H,1,15-17H2,(H,28,30). The van der Waals surface area contributed by atoms with Crippen molar-refractivity contribution in [2.45, 2.75) is 6.42 Å². The smallest absolute Gasteiger partial charge is 0.308 e. The van der Waals surface area contributed by atoms with Crippen LogP contribution in [0.5, 0.6) is 0 Å². The van der Waals surface area contributed by atoms with E-state index in [2.05, 4.69) is 11.9 Å². The second-order valence-corrected chi connectivity index (χ2v) is 7.65. The number of carbonyl (C=O) groups is 4. The van der Waals surface area contributed by atoms with Gasteiger partial charge in [0.05, 0.1) is 12.1 Å². The minimum Gasteiger partial charge on any atom is -0.456 e. The summed E-state index contributed by atoms with van der Waals surface area (Å²) in [5.74, 6) is -1.65. The molecule has 2 amide bonds. The number of para-hydroxylation sites is 1. The zero-order valence-electron chi connectivity index (χ0n) is 18.3. The summed E-state index contributed by atoms with van der Waals surface area (Å²) < 4.78 is 5.06. The number of rotatable bonds is 8. The van der Waals surface area contributed by atoms with E-state index in [-0.39, 0.29) is 24.7 Å². The molecule has 0 atom stereocenters. The van der Waals surface area contributed by atoms with Crippen LogP contribution in [-0.2, 0) is 14.3 Å². The number of hydrogen-bond donors (Lipinski definition) is 1. The van der Waals surface area contributed by atoms with Crippen LogP contribution in [-0.4, -0.2) is 41.6 Å². The molecule has 0 bridgehead atoms. The topological polar surface area (TPSA) is 92.8 Å². The summed E-state index contributed by atoms with van der Waals surface area (Å²) >= 11 is 0. The Balaban J connectivity index is 1.30. The highest BCUT2D eigenvalue weighted by molar-refractivity contribution is 6.14. The third kappa shape index (κ3) is 4.78. The van der Waals surface area contributed by atoms with E-state index in [0.29, 0.717) is 28.1 Å². The van der Waals surface area contributed by atoms with Crippen molar-refractivity contribution in [3.05, 3.63) is 108 Å². The molecule has 7 nitrogen and oxygen atoms in total. The Hall–Kier alpha value is -4.52. The van der Waals surface area contributed by atoms with Crippen molar-refractivity contribution in [3.63, 3.8) is 0 Å². The van der Waals surface area contributed by atoms with Crippen LogP contribution in [0.15, 0.2) is 85.4 Å². The first-order chi connectivity index (χ1) is 16.5. The number of fused-ring (bicyclic) bond motifs is 1. The Bertz CT molecular complexity index is 1250. The van der Waals surface area contributed by atoms with Gasteiger partial charge in [0.25, 0.3) is 11.8 Å². The molecule has 4 rings (SSSR count). The normalized spacial score (nSPS) is 12.3. The van der Waals surface area contributed by atoms with Crippen molar-refractivity contribution in [3.8, 4) is 0 Å². The van der Waals surface area contributed by atoms with Gasteiger partial charge < -0.3 is 15.0 Å². The first-order valence-corrected chi connectivity index (χ1v) is 10.7. The number of ketones is 1. The van der Waals surface area contributed by atoms with Gasteiger partial charge in [0.15, 0.2) is 12.4 Å². The number of esters is 1. The van der Waals surface area contributed by atoms with Crippen molar-refractivity contribution in [1.82, 2.24) is 4.90 Å². The lowest BCUT2D eigenvalue weighted by molar-refractivity contribution is -0.147. The molecule has 0 fully saturated rings. The quantitative estimate of drug-likeness (QED) is 0.411. The highest BCUT2D eigenvalue weighted by Gasteiger charge is 2.30. The molecular formula is C27H22N2O5. The van der Waals surface area contributed by atoms with Crippen LogP contribution in [0.3, 0.4) is 0 Å². The summed E-state index contributed by atoms with van der Waals surface area (Å²) in [5, 5.41) is 2.62. The molecule has 0 saturated heterocycles. The van der Waals surface area contributed by atoms with E-state index >= 15 is 0 Å². The number of carbonyl (C=O) groups excluding carboxylic acids is 4. The SMILES string of the molecule is C=C1c2ccccc2C(=O)N1CCC(=O)OCC(=O)Nc1ccccc1C(=O)c1ccccc1. The summed E-state index contributed by atoms with van der Waals surface area (Å²) in [7, 11) is 0. The molecular weight excluding hydrogens is 432 g/mol. The van der Waals surface area contributed by atoms with E-state index in [0.717, 1.165) is 5.56 Å². The molecule has 0 aromatic heterocycles. The zero-order valence-corrected chi connectivity index (χ0v) is 18.3. The molecule has 3 aromatic carbocycles. The minimum absolute atomic E-state index is 0.0882. The highest BCUT2D eigenvalue weighted by Crippen LogP contribution is 2.31. The zero-order chi connectivity index (χ0) is 24.1. The molecule has 0 radical (unpaired) electrons. The van der Waals surface area contributed by atoms with Crippen LogP contribution in [0.25, 0.3) is 5.70 Å². The van der Waals surface area contributed by atoms with Gasteiger partial charge in [-0.3, -0.25) is 19.2 Å². The maximum Gasteiger partial charge on any atom is 0.308 e.